The van der Waals surface area contributed by atoms with Crippen LogP contribution in [0.2, 0.25) is 0 Å². The molecule has 0 radical (unpaired) electrons. The van der Waals surface area contributed by atoms with Crippen molar-refractivity contribution in [3.8, 4) is 5.82 Å². The van der Waals surface area contributed by atoms with Crippen LogP contribution in [0.25, 0.3) is 16.7 Å². The van der Waals surface area contributed by atoms with Crippen molar-refractivity contribution in [1.29, 1.82) is 0 Å². The summed E-state index contributed by atoms with van der Waals surface area (Å²) in [5.41, 5.74) is -1.41. The number of pyridine rings is 2. The molecule has 4 rings (SSSR count). The first-order valence-corrected chi connectivity index (χ1v) is 11.3. The maximum Gasteiger partial charge on any atom is 0.417 e. The Bertz CT molecular complexity index is 1290. The van der Waals surface area contributed by atoms with Gasteiger partial charge in [-0.2, -0.15) is 13.2 Å². The van der Waals surface area contributed by atoms with Gasteiger partial charge in [0.25, 0.3) is 5.91 Å². The molecule has 3 aromatic rings. The topological polar surface area (TPSA) is 119 Å². The Morgan fingerprint density at radius 1 is 1.16 bits per heavy atom. The number of carbonyl (C=O) groups is 2. The zero-order chi connectivity index (χ0) is 27.0. The van der Waals surface area contributed by atoms with Crippen LogP contribution in [0.3, 0.4) is 0 Å². The third-order valence-electron chi connectivity index (χ3n) is 5.80. The minimum absolute atomic E-state index is 0.0170. The number of hydrogen-bond donors (Lipinski definition) is 2. The van der Waals surface area contributed by atoms with Crippen molar-refractivity contribution < 1.29 is 37.3 Å². The van der Waals surface area contributed by atoms with Crippen LogP contribution in [-0.4, -0.2) is 81.1 Å². The van der Waals surface area contributed by atoms with Gasteiger partial charge in [-0.25, -0.2) is 9.78 Å². The molecule has 37 heavy (non-hydrogen) atoms. The van der Waals surface area contributed by atoms with Crippen molar-refractivity contribution in [1.82, 2.24) is 24.8 Å². The van der Waals surface area contributed by atoms with Gasteiger partial charge in [0.1, 0.15) is 11.5 Å². The first-order valence-electron chi connectivity index (χ1n) is 11.3. The summed E-state index contributed by atoms with van der Waals surface area (Å²) in [6.07, 6.45) is -1.83. The molecule has 2 N–H and O–H groups in total. The third-order valence-corrected chi connectivity index (χ3v) is 5.80. The molecule has 0 unspecified atom stereocenters. The molecule has 0 aromatic carbocycles. The predicted octanol–water partition coefficient (Wildman–Crippen LogP) is 2.78. The number of aromatic nitrogens is 3. The van der Waals surface area contributed by atoms with Crippen LogP contribution < -0.4 is 5.32 Å². The van der Waals surface area contributed by atoms with E-state index in [2.05, 4.69) is 15.3 Å². The normalized spacial score (nSPS) is 18.3. The summed E-state index contributed by atoms with van der Waals surface area (Å²) in [5, 5.41) is 13.5. The fourth-order valence-electron chi connectivity index (χ4n) is 3.96. The van der Waals surface area contributed by atoms with E-state index >= 15 is 0 Å². The molecule has 198 valence electrons. The highest BCUT2D eigenvalue weighted by Crippen LogP contribution is 2.29. The number of halogens is 3. The fraction of sp³-hybridized carbons (Fsp3) is 0.417. The van der Waals surface area contributed by atoms with Crippen molar-refractivity contribution in [3.05, 3.63) is 54.1 Å². The quantitative estimate of drug-likeness (QED) is 0.512. The summed E-state index contributed by atoms with van der Waals surface area (Å²) in [7, 11) is 1.25. The molecule has 1 aliphatic rings. The number of amides is 2. The lowest BCUT2D eigenvalue weighted by Gasteiger charge is -2.24. The minimum Gasteiger partial charge on any atom is -0.453 e. The van der Waals surface area contributed by atoms with Gasteiger partial charge in [-0.15, -0.1) is 0 Å². The smallest absolute Gasteiger partial charge is 0.417 e. The van der Waals surface area contributed by atoms with Gasteiger partial charge in [-0.05, 0) is 38.1 Å². The van der Waals surface area contributed by atoms with Gasteiger partial charge >= 0.3 is 12.3 Å². The molecule has 0 aliphatic carbocycles. The van der Waals surface area contributed by atoms with Crippen molar-refractivity contribution in [2.24, 2.45) is 0 Å². The molecular weight excluding hydrogens is 495 g/mol. The molecule has 10 nitrogen and oxygen atoms in total. The summed E-state index contributed by atoms with van der Waals surface area (Å²) in [6, 6.07) is 4.78. The molecule has 4 heterocycles. The van der Waals surface area contributed by atoms with Crippen LogP contribution in [0.1, 0.15) is 29.9 Å². The highest BCUT2D eigenvalue weighted by atomic mass is 19.4. The average Bonchev–Trinajstić information content (AvgIpc) is 3.45. The Balaban J connectivity index is 1.55. The van der Waals surface area contributed by atoms with E-state index in [1.807, 2.05) is 0 Å². The lowest BCUT2D eigenvalue weighted by atomic mass is 10.1. The summed E-state index contributed by atoms with van der Waals surface area (Å²) in [6.45, 7) is 3.42. The highest BCUT2D eigenvalue weighted by molar-refractivity contribution is 5.96. The molecule has 3 aromatic heterocycles. The summed E-state index contributed by atoms with van der Waals surface area (Å²) >= 11 is 0. The van der Waals surface area contributed by atoms with Gasteiger partial charge in [0, 0.05) is 30.5 Å². The minimum atomic E-state index is -4.50. The molecule has 0 saturated carbocycles. The third kappa shape index (κ3) is 6.00. The van der Waals surface area contributed by atoms with E-state index in [-0.39, 0.29) is 31.2 Å². The molecule has 2 atom stereocenters. The second kappa shape index (κ2) is 9.98. The van der Waals surface area contributed by atoms with Crippen LogP contribution >= 0.6 is 0 Å². The first kappa shape index (κ1) is 26.4. The van der Waals surface area contributed by atoms with Crippen molar-refractivity contribution in [2.75, 3.05) is 26.8 Å². The molecule has 0 bridgehead atoms. The standard InChI is InChI=1S/C24H26F3N5O5/c1-23(2,35)13-37-19-12-31(22(34)36-3)11-17(19)30-21(33)16-8-18-14(9-28-16)6-7-32(18)20-5-4-15(10-29-20)24(25,26)27/h4-10,17,19,35H,11-13H2,1-3H3,(H,30,33)/t17-,19-/m1/s1. The van der Waals surface area contributed by atoms with E-state index in [0.717, 1.165) is 12.3 Å². The molecule has 0 spiro atoms. The molecule has 1 saturated heterocycles. The number of nitrogens with zero attached hydrogens (tertiary/aromatic N) is 4. The fourth-order valence-corrected chi connectivity index (χ4v) is 3.96. The number of likely N-dealkylation sites (tertiary alicyclic amines) is 1. The summed E-state index contributed by atoms with van der Waals surface area (Å²) in [5.74, 6) is -0.297. The Hall–Kier alpha value is -3.71. The zero-order valence-corrected chi connectivity index (χ0v) is 20.3. The monoisotopic (exact) mass is 521 g/mol. The second-order valence-corrected chi connectivity index (χ2v) is 9.33. The van der Waals surface area contributed by atoms with Gasteiger partial charge in [-0.3, -0.25) is 9.78 Å². The van der Waals surface area contributed by atoms with Crippen LogP contribution in [0, 0.1) is 0 Å². The van der Waals surface area contributed by atoms with Crippen LogP contribution in [0.4, 0.5) is 18.0 Å². The molecule has 1 fully saturated rings. The number of nitrogens with one attached hydrogen (secondary N) is 1. The lowest BCUT2D eigenvalue weighted by Crippen LogP contribution is -2.45. The summed E-state index contributed by atoms with van der Waals surface area (Å²) < 4.78 is 50.8. The predicted molar refractivity (Wildman–Crippen MR) is 125 cm³/mol. The maximum absolute atomic E-state index is 13.1. The Kier molecular flexibility index (Phi) is 7.11. The number of hydrogen-bond acceptors (Lipinski definition) is 7. The number of carbonyl (C=O) groups excluding carboxylic acids is 2. The summed E-state index contributed by atoms with van der Waals surface area (Å²) in [4.78, 5) is 34.6. The van der Waals surface area contributed by atoms with E-state index < -0.39 is 41.5 Å². The lowest BCUT2D eigenvalue weighted by molar-refractivity contribution is -0.137. The molecule has 2 amide bonds. The number of methoxy groups -OCH3 is 1. The number of fused-ring (bicyclic) bond motifs is 1. The van der Waals surface area contributed by atoms with Gasteiger partial charge in [0.2, 0.25) is 0 Å². The average molecular weight is 521 g/mol. The van der Waals surface area contributed by atoms with E-state index in [4.69, 9.17) is 9.47 Å². The van der Waals surface area contributed by atoms with Gasteiger partial charge in [0.05, 0.1) is 49.1 Å². The van der Waals surface area contributed by atoms with Gasteiger partial charge in [-0.1, -0.05) is 0 Å². The van der Waals surface area contributed by atoms with E-state index in [1.165, 1.54) is 30.3 Å². The van der Waals surface area contributed by atoms with Crippen molar-refractivity contribution >= 4 is 22.9 Å². The number of alkyl halides is 3. The van der Waals surface area contributed by atoms with Crippen LogP contribution in [0.15, 0.2) is 42.9 Å². The van der Waals surface area contributed by atoms with E-state index in [9.17, 15) is 27.9 Å². The Morgan fingerprint density at radius 2 is 1.92 bits per heavy atom. The number of ether oxygens (including phenoxy) is 2. The molecular formula is C24H26F3N5O5. The van der Waals surface area contributed by atoms with E-state index in [1.54, 1.807) is 30.7 Å². The van der Waals surface area contributed by atoms with Gasteiger partial charge < -0.3 is 29.4 Å². The highest BCUT2D eigenvalue weighted by Gasteiger charge is 2.38. The van der Waals surface area contributed by atoms with Crippen LogP contribution in [-0.2, 0) is 15.7 Å². The number of rotatable bonds is 6. The Morgan fingerprint density at radius 3 is 2.54 bits per heavy atom. The number of aliphatic hydroxyl groups is 1. The maximum atomic E-state index is 13.1. The van der Waals surface area contributed by atoms with Crippen molar-refractivity contribution in [3.63, 3.8) is 0 Å². The first-order chi connectivity index (χ1) is 17.4. The second-order valence-electron chi connectivity index (χ2n) is 9.33. The van der Waals surface area contributed by atoms with Crippen molar-refractivity contribution in [2.45, 2.75) is 37.8 Å². The van der Waals surface area contributed by atoms with E-state index in [0.29, 0.717) is 10.9 Å². The molecule has 13 heteroatoms. The largest absolute Gasteiger partial charge is 0.453 e. The SMILES string of the molecule is COC(=O)N1C[C@@H](NC(=O)c2cc3c(ccn3-c3ccc(C(F)(F)F)cn3)cn2)[C@H](OCC(C)(C)O)C1. The van der Waals surface area contributed by atoms with Gasteiger partial charge in [0.15, 0.2) is 0 Å². The van der Waals surface area contributed by atoms with Crippen LogP contribution in [0.5, 0.6) is 0 Å². The zero-order valence-electron chi connectivity index (χ0n) is 20.3. The Labute approximate surface area is 210 Å². The molecule has 1 aliphatic heterocycles.